The molecule has 10 rings (SSSR count). The summed E-state index contributed by atoms with van der Waals surface area (Å²) >= 11 is 0. The lowest BCUT2D eigenvalue weighted by Crippen LogP contribution is -2.10. The maximum atomic E-state index is 6.34. The highest BCUT2D eigenvalue weighted by Crippen LogP contribution is 2.43. The van der Waals surface area contributed by atoms with Crippen LogP contribution in [0.4, 0.5) is 17.1 Å². The smallest absolute Gasteiger partial charge is 0.228 e. The van der Waals surface area contributed by atoms with Gasteiger partial charge in [-0.2, -0.15) is 0 Å². The molecule has 0 N–H and O–H groups in total. The Bertz CT molecular complexity index is 2810. The van der Waals surface area contributed by atoms with Crippen LogP contribution in [0.5, 0.6) is 0 Å². The van der Waals surface area contributed by atoms with Gasteiger partial charge < -0.3 is 13.9 Å². The van der Waals surface area contributed by atoms with Crippen molar-refractivity contribution >= 4 is 60.7 Å². The normalized spacial score (nSPS) is 11.5. The molecular weight excluding hydrogens is 623 g/mol. The fraction of sp³-hybridized carbons (Fsp3) is 0. The van der Waals surface area contributed by atoms with E-state index < -0.39 is 0 Å². The van der Waals surface area contributed by atoms with Crippen molar-refractivity contribution in [2.75, 3.05) is 4.90 Å². The van der Waals surface area contributed by atoms with Crippen molar-refractivity contribution in [1.29, 1.82) is 0 Å². The molecule has 0 radical (unpaired) electrons. The van der Waals surface area contributed by atoms with Crippen LogP contribution in [0.1, 0.15) is 0 Å². The lowest BCUT2D eigenvalue weighted by Gasteiger charge is -2.26. The maximum absolute atomic E-state index is 6.34. The number of nitrogens with zero attached hydrogens (tertiary/aromatic N) is 3. The van der Waals surface area contributed by atoms with Crippen LogP contribution < -0.4 is 4.90 Å². The summed E-state index contributed by atoms with van der Waals surface area (Å²) in [5.74, 6) is 0.621. The largest absolute Gasteiger partial charge is 0.436 e. The van der Waals surface area contributed by atoms with Gasteiger partial charge in [0.05, 0.1) is 11.0 Å². The van der Waals surface area contributed by atoms with Crippen LogP contribution in [-0.4, -0.2) is 9.55 Å². The molecule has 0 aliphatic carbocycles. The zero-order valence-electron chi connectivity index (χ0n) is 27.6. The van der Waals surface area contributed by atoms with Crippen molar-refractivity contribution in [3.8, 4) is 28.3 Å². The number of hydrogen-bond donors (Lipinski definition) is 0. The number of anilines is 3. The molecule has 0 fully saturated rings. The molecule has 4 heteroatoms. The van der Waals surface area contributed by atoms with Crippen molar-refractivity contribution in [2.45, 2.75) is 0 Å². The first kappa shape index (κ1) is 29.0. The monoisotopic (exact) mass is 653 g/mol. The molecule has 0 saturated heterocycles. The van der Waals surface area contributed by atoms with Gasteiger partial charge in [0.25, 0.3) is 0 Å². The van der Waals surface area contributed by atoms with E-state index in [1.807, 2.05) is 24.3 Å². The molecule has 0 aliphatic heterocycles. The number of oxazole rings is 1. The second-order valence-electron chi connectivity index (χ2n) is 12.8. The van der Waals surface area contributed by atoms with Crippen molar-refractivity contribution in [3.63, 3.8) is 0 Å². The molecule has 10 aromatic rings. The SMILES string of the molecule is c1ccc(N(c2ccc(-c3cccc4ccccc34)cc2)c2ccc3c4c(-c5nc6ccccc6o5)cccc4n(-c4ccccc4)c3c2)cc1. The van der Waals surface area contributed by atoms with Gasteiger partial charge in [0.2, 0.25) is 5.89 Å². The quantitative estimate of drug-likeness (QED) is 0.179. The molecule has 0 bridgehead atoms. The van der Waals surface area contributed by atoms with E-state index in [1.54, 1.807) is 0 Å². The highest BCUT2D eigenvalue weighted by atomic mass is 16.3. The average Bonchev–Trinajstić information content (AvgIpc) is 3.78. The van der Waals surface area contributed by atoms with Gasteiger partial charge in [-0.05, 0) is 94.7 Å². The minimum Gasteiger partial charge on any atom is -0.436 e. The Hall–Kier alpha value is -6.91. The Balaban J connectivity index is 1.17. The molecule has 2 heterocycles. The molecule has 0 spiro atoms. The number of rotatable bonds is 6. The Kier molecular flexibility index (Phi) is 6.78. The molecule has 240 valence electrons. The third-order valence-corrected chi connectivity index (χ3v) is 9.81. The lowest BCUT2D eigenvalue weighted by atomic mass is 9.98. The van der Waals surface area contributed by atoms with E-state index in [-0.39, 0.29) is 0 Å². The summed E-state index contributed by atoms with van der Waals surface area (Å²) < 4.78 is 8.69. The van der Waals surface area contributed by atoms with Gasteiger partial charge in [-0.15, -0.1) is 0 Å². The molecule has 0 atom stereocenters. The van der Waals surface area contributed by atoms with Gasteiger partial charge in [-0.1, -0.05) is 115 Å². The first-order valence-corrected chi connectivity index (χ1v) is 17.2. The number of aromatic nitrogens is 2. The Morgan fingerprint density at radius 1 is 0.471 bits per heavy atom. The van der Waals surface area contributed by atoms with Crippen molar-refractivity contribution < 1.29 is 4.42 Å². The standard InChI is InChI=1S/C47H31N3O/c1-3-15-34(16-4-1)49(36-27-25-33(26-28-36)39-20-11-14-32-13-7-8-19-38(32)39)37-29-30-40-44(31-37)50(35-17-5-2-6-18-35)43-23-12-21-41(46(40)43)47-48-42-22-9-10-24-45(42)51-47/h1-31H. The fourth-order valence-corrected chi connectivity index (χ4v) is 7.51. The molecule has 51 heavy (non-hydrogen) atoms. The van der Waals surface area contributed by atoms with E-state index in [9.17, 15) is 0 Å². The summed E-state index contributed by atoms with van der Waals surface area (Å²) in [7, 11) is 0. The molecule has 0 aliphatic rings. The fourth-order valence-electron chi connectivity index (χ4n) is 7.51. The minimum atomic E-state index is 0.621. The van der Waals surface area contributed by atoms with Crippen LogP contribution in [0.15, 0.2) is 192 Å². The molecule has 0 amide bonds. The van der Waals surface area contributed by atoms with Gasteiger partial charge in [0, 0.05) is 39.1 Å². The number of benzene rings is 8. The summed E-state index contributed by atoms with van der Waals surface area (Å²) in [6.07, 6.45) is 0. The molecule has 0 unspecified atom stereocenters. The average molecular weight is 654 g/mol. The van der Waals surface area contributed by atoms with E-state index >= 15 is 0 Å². The second kappa shape index (κ2) is 11.9. The summed E-state index contributed by atoms with van der Waals surface area (Å²) in [5.41, 5.74) is 11.6. The Labute approximate surface area is 295 Å². The predicted octanol–water partition coefficient (Wildman–Crippen LogP) is 12.9. The summed E-state index contributed by atoms with van der Waals surface area (Å²) in [4.78, 5) is 7.24. The van der Waals surface area contributed by atoms with Crippen LogP contribution in [-0.2, 0) is 0 Å². The molecule has 0 saturated carbocycles. The number of para-hydroxylation sites is 4. The van der Waals surface area contributed by atoms with Crippen LogP contribution in [0.3, 0.4) is 0 Å². The van der Waals surface area contributed by atoms with E-state index in [2.05, 4.69) is 173 Å². The molecule has 8 aromatic carbocycles. The molecule has 2 aromatic heterocycles. The summed E-state index contributed by atoms with van der Waals surface area (Å²) in [6.45, 7) is 0. The van der Waals surface area contributed by atoms with Crippen molar-refractivity contribution in [1.82, 2.24) is 9.55 Å². The zero-order chi connectivity index (χ0) is 33.7. The van der Waals surface area contributed by atoms with Gasteiger partial charge in [-0.25, -0.2) is 4.98 Å². The van der Waals surface area contributed by atoms with E-state index in [1.165, 1.54) is 21.9 Å². The first-order chi connectivity index (χ1) is 25.3. The van der Waals surface area contributed by atoms with Crippen molar-refractivity contribution in [2.24, 2.45) is 0 Å². The van der Waals surface area contributed by atoms with E-state index in [0.29, 0.717) is 5.89 Å². The Morgan fingerprint density at radius 3 is 1.98 bits per heavy atom. The third kappa shape index (κ3) is 4.88. The second-order valence-corrected chi connectivity index (χ2v) is 12.8. The van der Waals surface area contributed by atoms with Gasteiger partial charge in [0.15, 0.2) is 5.58 Å². The first-order valence-electron chi connectivity index (χ1n) is 17.2. The highest BCUT2D eigenvalue weighted by Gasteiger charge is 2.21. The molecular formula is C47H31N3O. The van der Waals surface area contributed by atoms with E-state index in [0.717, 1.165) is 61.2 Å². The zero-order valence-corrected chi connectivity index (χ0v) is 27.6. The maximum Gasteiger partial charge on any atom is 0.228 e. The minimum absolute atomic E-state index is 0.621. The number of hydrogen-bond acceptors (Lipinski definition) is 3. The molecule has 4 nitrogen and oxygen atoms in total. The number of fused-ring (bicyclic) bond motifs is 5. The summed E-state index contributed by atoms with van der Waals surface area (Å²) in [5, 5.41) is 4.74. The van der Waals surface area contributed by atoms with Crippen molar-refractivity contribution in [3.05, 3.63) is 188 Å². The lowest BCUT2D eigenvalue weighted by molar-refractivity contribution is 0.620. The van der Waals surface area contributed by atoms with E-state index in [4.69, 9.17) is 9.40 Å². The highest BCUT2D eigenvalue weighted by molar-refractivity contribution is 6.16. The topological polar surface area (TPSA) is 34.2 Å². The Morgan fingerprint density at radius 2 is 1.14 bits per heavy atom. The van der Waals surface area contributed by atoms with Crippen LogP contribution >= 0.6 is 0 Å². The third-order valence-electron chi connectivity index (χ3n) is 9.81. The van der Waals surface area contributed by atoms with Gasteiger partial charge in [-0.3, -0.25) is 0 Å². The van der Waals surface area contributed by atoms with Gasteiger partial charge in [0.1, 0.15) is 5.52 Å². The van der Waals surface area contributed by atoms with Crippen LogP contribution in [0.25, 0.3) is 71.9 Å². The van der Waals surface area contributed by atoms with Crippen LogP contribution in [0, 0.1) is 0 Å². The van der Waals surface area contributed by atoms with Crippen LogP contribution in [0.2, 0.25) is 0 Å². The predicted molar refractivity (Wildman–Crippen MR) is 211 cm³/mol. The van der Waals surface area contributed by atoms with Gasteiger partial charge >= 0.3 is 0 Å². The summed E-state index contributed by atoms with van der Waals surface area (Å²) in [6, 6.07) is 66.3.